The number of hydrogen-bond acceptors (Lipinski definition) is 4. The number of halogens is 2. The van der Waals surface area contributed by atoms with Gasteiger partial charge in [0, 0.05) is 18.9 Å². The van der Waals surface area contributed by atoms with E-state index in [-0.39, 0.29) is 24.1 Å². The number of carbonyl (C=O) groups is 1. The third-order valence-corrected chi connectivity index (χ3v) is 5.22. The van der Waals surface area contributed by atoms with Crippen LogP contribution >= 0.6 is 12.4 Å². The first kappa shape index (κ1) is 21.8. The molecule has 0 saturated carbocycles. The summed E-state index contributed by atoms with van der Waals surface area (Å²) in [4.78, 5) is 13.1. The first-order chi connectivity index (χ1) is 14.2. The highest BCUT2D eigenvalue weighted by Gasteiger charge is 2.41. The maximum atomic E-state index is 13.1. The summed E-state index contributed by atoms with van der Waals surface area (Å²) in [5.74, 6) is 0.900. The number of nitrogens with one attached hydrogen (secondary N) is 2. The van der Waals surface area contributed by atoms with Crippen LogP contribution in [-0.2, 0) is 16.9 Å². The number of aromatic nitrogens is 2. The number of benzene rings is 2. The zero-order valence-electron chi connectivity index (χ0n) is 16.4. The second-order valence-corrected chi connectivity index (χ2v) is 7.11. The van der Waals surface area contributed by atoms with Gasteiger partial charge in [-0.3, -0.25) is 9.48 Å². The van der Waals surface area contributed by atoms with E-state index in [1.807, 2.05) is 36.5 Å². The number of carbonyl (C=O) groups excluding carboxylic acids is 1. The van der Waals surface area contributed by atoms with Crippen LogP contribution in [0, 0.1) is 5.82 Å². The van der Waals surface area contributed by atoms with Crippen molar-refractivity contribution in [2.75, 3.05) is 13.1 Å². The first-order valence-electron chi connectivity index (χ1n) is 9.67. The van der Waals surface area contributed by atoms with Crippen LogP contribution in [0.2, 0.25) is 0 Å². The van der Waals surface area contributed by atoms with E-state index in [9.17, 15) is 9.18 Å². The molecule has 2 aromatic carbocycles. The maximum Gasteiger partial charge on any atom is 0.248 e. The second-order valence-electron chi connectivity index (χ2n) is 7.11. The molecule has 158 valence electrons. The molecule has 1 amide bonds. The Kier molecular flexibility index (Phi) is 7.07. The number of ether oxygens (including phenoxy) is 1. The van der Waals surface area contributed by atoms with Crippen LogP contribution in [0.15, 0.2) is 67.0 Å². The van der Waals surface area contributed by atoms with Gasteiger partial charge in [-0.2, -0.15) is 5.10 Å². The highest BCUT2D eigenvalue weighted by atomic mass is 35.5. The average Bonchev–Trinajstić information content (AvgIpc) is 3.31. The van der Waals surface area contributed by atoms with E-state index in [0.717, 1.165) is 18.7 Å². The van der Waals surface area contributed by atoms with Crippen molar-refractivity contribution in [3.8, 4) is 11.5 Å². The topological polar surface area (TPSA) is 68.2 Å². The van der Waals surface area contributed by atoms with E-state index >= 15 is 0 Å². The normalized spacial score (nSPS) is 15.1. The Labute approximate surface area is 180 Å². The molecule has 0 aliphatic carbocycles. The summed E-state index contributed by atoms with van der Waals surface area (Å²) in [7, 11) is 0. The van der Waals surface area contributed by atoms with Crippen molar-refractivity contribution in [2.45, 2.75) is 24.9 Å². The van der Waals surface area contributed by atoms with E-state index in [2.05, 4.69) is 15.7 Å². The minimum Gasteiger partial charge on any atom is -0.457 e. The van der Waals surface area contributed by atoms with Crippen molar-refractivity contribution in [2.24, 2.45) is 0 Å². The van der Waals surface area contributed by atoms with Crippen LogP contribution in [0.5, 0.6) is 11.5 Å². The predicted molar refractivity (Wildman–Crippen MR) is 114 cm³/mol. The van der Waals surface area contributed by atoms with E-state index in [1.54, 1.807) is 23.0 Å². The third-order valence-electron chi connectivity index (χ3n) is 5.22. The monoisotopic (exact) mass is 430 g/mol. The Hall–Kier alpha value is -2.90. The Morgan fingerprint density at radius 3 is 2.33 bits per heavy atom. The molecule has 1 aromatic heterocycles. The largest absolute Gasteiger partial charge is 0.457 e. The molecule has 1 aliphatic rings. The number of hydrogen-bond donors (Lipinski definition) is 2. The fourth-order valence-electron chi connectivity index (χ4n) is 3.58. The van der Waals surface area contributed by atoms with Gasteiger partial charge in [-0.1, -0.05) is 12.1 Å². The molecule has 2 heterocycles. The fourth-order valence-corrected chi connectivity index (χ4v) is 3.58. The summed E-state index contributed by atoms with van der Waals surface area (Å²) in [6.45, 7) is 1.98. The fraction of sp³-hybridized carbons (Fsp3) is 0.273. The lowest BCUT2D eigenvalue weighted by Gasteiger charge is -2.36. The molecule has 4 rings (SSSR count). The zero-order valence-corrected chi connectivity index (χ0v) is 17.2. The Morgan fingerprint density at radius 1 is 1.10 bits per heavy atom. The molecular weight excluding hydrogens is 407 g/mol. The van der Waals surface area contributed by atoms with Crippen LogP contribution in [-0.4, -0.2) is 28.8 Å². The van der Waals surface area contributed by atoms with Crippen LogP contribution in [0.4, 0.5) is 4.39 Å². The van der Waals surface area contributed by atoms with Gasteiger partial charge >= 0.3 is 0 Å². The van der Waals surface area contributed by atoms with E-state index in [1.165, 1.54) is 12.1 Å². The molecule has 0 atom stereocenters. The molecule has 0 spiro atoms. The first-order valence-corrected chi connectivity index (χ1v) is 9.67. The van der Waals surface area contributed by atoms with Crippen molar-refractivity contribution < 1.29 is 13.9 Å². The maximum absolute atomic E-state index is 13.1. The smallest absolute Gasteiger partial charge is 0.248 e. The zero-order chi connectivity index (χ0) is 20.1. The van der Waals surface area contributed by atoms with Crippen molar-refractivity contribution >= 4 is 18.3 Å². The Balaban J connectivity index is 0.00000256. The van der Waals surface area contributed by atoms with Gasteiger partial charge in [0.2, 0.25) is 5.91 Å². The minimum absolute atomic E-state index is 0. The summed E-state index contributed by atoms with van der Waals surface area (Å²) in [5, 5.41) is 10.7. The average molecular weight is 431 g/mol. The number of nitrogens with zero attached hydrogens (tertiary/aromatic N) is 2. The number of rotatable bonds is 6. The van der Waals surface area contributed by atoms with Gasteiger partial charge < -0.3 is 15.4 Å². The molecule has 0 bridgehead atoms. The molecule has 1 saturated heterocycles. The van der Waals surface area contributed by atoms with Gasteiger partial charge in [0.15, 0.2) is 0 Å². The predicted octanol–water partition coefficient (Wildman–Crippen LogP) is 3.63. The summed E-state index contributed by atoms with van der Waals surface area (Å²) in [5.41, 5.74) is 0.315. The number of piperidine rings is 1. The molecule has 1 aliphatic heterocycles. The van der Waals surface area contributed by atoms with Gasteiger partial charge in [-0.25, -0.2) is 4.39 Å². The quantitative estimate of drug-likeness (QED) is 0.626. The SMILES string of the molecule is Cl.O=C(NCc1ccc(Oc2ccc(F)cc2)cc1)C1(n2cccn2)CCNCC1. The molecule has 6 nitrogen and oxygen atoms in total. The highest BCUT2D eigenvalue weighted by molar-refractivity contribution is 5.85. The Bertz CT molecular complexity index is 940. The van der Waals surface area contributed by atoms with Crippen LogP contribution in [0.25, 0.3) is 0 Å². The van der Waals surface area contributed by atoms with E-state index < -0.39 is 5.54 Å². The lowest BCUT2D eigenvalue weighted by atomic mass is 9.87. The van der Waals surface area contributed by atoms with Crippen molar-refractivity contribution in [1.82, 2.24) is 20.4 Å². The third kappa shape index (κ3) is 4.80. The van der Waals surface area contributed by atoms with Crippen molar-refractivity contribution in [1.29, 1.82) is 0 Å². The molecule has 2 N–H and O–H groups in total. The standard InChI is InChI=1S/C22H23FN4O2.ClH/c23-18-4-8-20(9-5-18)29-19-6-2-17(3-7-19)16-25-21(28)22(10-13-24-14-11-22)27-15-1-12-26-27;/h1-9,12,15,24H,10-11,13-14,16H2,(H,25,28);1H. The van der Waals surface area contributed by atoms with E-state index in [0.29, 0.717) is 30.9 Å². The van der Waals surface area contributed by atoms with Crippen molar-refractivity contribution in [3.05, 3.63) is 78.4 Å². The molecule has 0 unspecified atom stereocenters. The molecule has 1 fully saturated rings. The van der Waals surface area contributed by atoms with Crippen LogP contribution in [0.1, 0.15) is 18.4 Å². The van der Waals surface area contributed by atoms with Crippen molar-refractivity contribution in [3.63, 3.8) is 0 Å². The molecule has 30 heavy (non-hydrogen) atoms. The molecule has 0 radical (unpaired) electrons. The Morgan fingerprint density at radius 2 is 1.73 bits per heavy atom. The van der Waals surface area contributed by atoms with Gasteiger partial charge in [0.1, 0.15) is 22.9 Å². The summed E-state index contributed by atoms with van der Waals surface area (Å²) >= 11 is 0. The molecule has 3 aromatic rings. The molecule has 8 heteroatoms. The number of amides is 1. The van der Waals surface area contributed by atoms with Crippen LogP contribution in [0.3, 0.4) is 0 Å². The summed E-state index contributed by atoms with van der Waals surface area (Å²) < 4.78 is 20.5. The lowest BCUT2D eigenvalue weighted by molar-refractivity contribution is -0.132. The van der Waals surface area contributed by atoms with Gasteiger partial charge in [0.05, 0.1) is 0 Å². The second kappa shape index (κ2) is 9.73. The lowest BCUT2D eigenvalue weighted by Crippen LogP contribution is -2.54. The van der Waals surface area contributed by atoms with E-state index in [4.69, 9.17) is 4.74 Å². The van der Waals surface area contributed by atoms with Gasteiger partial charge in [0.25, 0.3) is 0 Å². The summed E-state index contributed by atoms with van der Waals surface area (Å²) in [6.07, 6.45) is 4.96. The van der Waals surface area contributed by atoms with Crippen LogP contribution < -0.4 is 15.4 Å². The summed E-state index contributed by atoms with van der Waals surface area (Å²) in [6, 6.07) is 15.2. The van der Waals surface area contributed by atoms with Gasteiger partial charge in [-0.15, -0.1) is 12.4 Å². The highest BCUT2D eigenvalue weighted by Crippen LogP contribution is 2.27. The molecular formula is C22H24ClFN4O2. The van der Waals surface area contributed by atoms with Gasteiger partial charge in [-0.05, 0) is 74.0 Å². The minimum atomic E-state index is -0.652.